The fraction of sp³-hybridized carbons (Fsp3) is 1.00. The van der Waals surface area contributed by atoms with Gasteiger partial charge in [0.25, 0.3) is 10.2 Å². The largest absolute Gasteiger partial charge is 0.312 e. The molecule has 1 N–H and O–H groups in total. The van der Waals surface area contributed by atoms with Gasteiger partial charge in [0, 0.05) is 32.2 Å². The summed E-state index contributed by atoms with van der Waals surface area (Å²) in [6, 6.07) is 0.382. The molecule has 0 radical (unpaired) electrons. The highest BCUT2D eigenvalue weighted by atomic mass is 32.2. The third kappa shape index (κ3) is 2.68. The Bertz CT molecular complexity index is 404. The molecule has 3 rings (SSSR count). The van der Waals surface area contributed by atoms with E-state index in [0.717, 1.165) is 19.4 Å². The van der Waals surface area contributed by atoms with Gasteiger partial charge in [0.15, 0.2) is 0 Å². The lowest BCUT2D eigenvalue weighted by Gasteiger charge is -2.32. The van der Waals surface area contributed by atoms with Crippen LogP contribution in [0.2, 0.25) is 0 Å². The predicted molar refractivity (Wildman–Crippen MR) is 75.0 cm³/mol. The second-order valence-corrected chi connectivity index (χ2v) is 8.30. The third-order valence-electron chi connectivity index (χ3n) is 4.96. The van der Waals surface area contributed by atoms with Crippen molar-refractivity contribution >= 4 is 10.2 Å². The second kappa shape index (κ2) is 5.31. The molecule has 19 heavy (non-hydrogen) atoms. The maximum Gasteiger partial charge on any atom is 0.282 e. The van der Waals surface area contributed by atoms with E-state index in [4.69, 9.17) is 0 Å². The zero-order valence-electron chi connectivity index (χ0n) is 11.7. The summed E-state index contributed by atoms with van der Waals surface area (Å²) in [5.41, 5.74) is 0. The molecular formula is C13H25N3O2S. The number of rotatable bonds is 2. The van der Waals surface area contributed by atoms with Crippen molar-refractivity contribution in [3.8, 4) is 0 Å². The molecule has 0 aromatic rings. The Kier molecular flexibility index (Phi) is 3.86. The molecule has 0 bridgehead atoms. The Hall–Kier alpha value is -0.170. The van der Waals surface area contributed by atoms with E-state index in [2.05, 4.69) is 12.2 Å². The molecule has 3 aliphatic heterocycles. The number of hydrogen-bond acceptors (Lipinski definition) is 3. The van der Waals surface area contributed by atoms with Crippen LogP contribution in [0.1, 0.15) is 32.6 Å². The molecule has 0 aromatic heterocycles. The average Bonchev–Trinajstić information content (AvgIpc) is 2.83. The Morgan fingerprint density at radius 2 is 1.79 bits per heavy atom. The molecule has 110 valence electrons. The number of nitrogens with zero attached hydrogens (tertiary/aromatic N) is 2. The lowest BCUT2D eigenvalue weighted by atomic mass is 9.94. The topological polar surface area (TPSA) is 52.7 Å². The van der Waals surface area contributed by atoms with E-state index in [1.807, 2.05) is 0 Å². The summed E-state index contributed by atoms with van der Waals surface area (Å²) in [6.45, 7) is 6.02. The van der Waals surface area contributed by atoms with Crippen molar-refractivity contribution in [3.05, 3.63) is 0 Å². The minimum absolute atomic E-state index is 0.382. The van der Waals surface area contributed by atoms with Crippen LogP contribution in [0.4, 0.5) is 0 Å². The monoisotopic (exact) mass is 287 g/mol. The number of piperidine rings is 2. The van der Waals surface area contributed by atoms with Gasteiger partial charge in [-0.05, 0) is 44.1 Å². The van der Waals surface area contributed by atoms with Gasteiger partial charge in [-0.3, -0.25) is 0 Å². The maximum absolute atomic E-state index is 12.7. The van der Waals surface area contributed by atoms with Crippen molar-refractivity contribution in [1.29, 1.82) is 0 Å². The third-order valence-corrected chi connectivity index (χ3v) is 6.93. The molecule has 0 aromatic carbocycles. The Morgan fingerprint density at radius 3 is 2.47 bits per heavy atom. The van der Waals surface area contributed by atoms with Crippen molar-refractivity contribution < 1.29 is 8.42 Å². The van der Waals surface area contributed by atoms with Crippen LogP contribution >= 0.6 is 0 Å². The van der Waals surface area contributed by atoms with Crippen LogP contribution in [-0.2, 0) is 10.2 Å². The summed E-state index contributed by atoms with van der Waals surface area (Å²) in [5, 5.41) is 3.47. The van der Waals surface area contributed by atoms with Gasteiger partial charge in [-0.25, -0.2) is 0 Å². The fourth-order valence-corrected chi connectivity index (χ4v) is 5.30. The summed E-state index contributed by atoms with van der Waals surface area (Å²) >= 11 is 0. The Morgan fingerprint density at radius 1 is 1.05 bits per heavy atom. The molecule has 3 fully saturated rings. The van der Waals surface area contributed by atoms with Crippen LogP contribution in [0.3, 0.4) is 0 Å². The highest BCUT2D eigenvalue weighted by Crippen LogP contribution is 2.29. The van der Waals surface area contributed by atoms with Gasteiger partial charge in [0.1, 0.15) is 0 Å². The standard InChI is InChI=1S/C13H25N3O2S/c1-11-4-7-15(8-5-11)19(17,18)16-9-12-3-2-6-14-13(12)10-16/h11-14H,2-10H2,1H3/t12-,13+/m0/s1. The van der Waals surface area contributed by atoms with Gasteiger partial charge in [-0.2, -0.15) is 17.0 Å². The van der Waals surface area contributed by atoms with Crippen LogP contribution in [-0.4, -0.2) is 55.8 Å². The van der Waals surface area contributed by atoms with Gasteiger partial charge >= 0.3 is 0 Å². The molecule has 6 heteroatoms. The number of hydrogen-bond donors (Lipinski definition) is 1. The van der Waals surface area contributed by atoms with Crippen molar-refractivity contribution in [1.82, 2.24) is 13.9 Å². The lowest BCUT2D eigenvalue weighted by molar-refractivity contribution is 0.269. The molecule has 0 spiro atoms. The van der Waals surface area contributed by atoms with Crippen LogP contribution in [0.15, 0.2) is 0 Å². The van der Waals surface area contributed by atoms with Gasteiger partial charge < -0.3 is 5.32 Å². The average molecular weight is 287 g/mol. The maximum atomic E-state index is 12.7. The molecule has 5 nitrogen and oxygen atoms in total. The minimum atomic E-state index is -3.22. The van der Waals surface area contributed by atoms with Crippen LogP contribution < -0.4 is 5.32 Å². The van der Waals surface area contributed by atoms with Gasteiger partial charge in [0.05, 0.1) is 0 Å². The highest BCUT2D eigenvalue weighted by Gasteiger charge is 2.42. The van der Waals surface area contributed by atoms with E-state index in [0.29, 0.717) is 44.1 Å². The predicted octanol–water partition coefficient (Wildman–Crippen LogP) is 0.647. The second-order valence-electron chi connectivity index (χ2n) is 6.37. The van der Waals surface area contributed by atoms with Crippen molar-refractivity contribution in [2.24, 2.45) is 11.8 Å². The number of fused-ring (bicyclic) bond motifs is 1. The first-order valence-corrected chi connectivity index (χ1v) is 8.95. The van der Waals surface area contributed by atoms with E-state index >= 15 is 0 Å². The van der Waals surface area contributed by atoms with Gasteiger partial charge in [0.2, 0.25) is 0 Å². The van der Waals surface area contributed by atoms with E-state index in [9.17, 15) is 8.42 Å². The van der Waals surface area contributed by atoms with E-state index in [1.165, 1.54) is 12.8 Å². The Labute approximate surface area is 116 Å². The summed E-state index contributed by atoms with van der Waals surface area (Å²) < 4.78 is 28.7. The Balaban J connectivity index is 1.67. The van der Waals surface area contributed by atoms with E-state index in [1.54, 1.807) is 8.61 Å². The summed E-state index contributed by atoms with van der Waals surface area (Å²) in [6.07, 6.45) is 4.34. The zero-order valence-corrected chi connectivity index (χ0v) is 12.5. The molecule has 2 atom stereocenters. The molecule has 3 heterocycles. The van der Waals surface area contributed by atoms with Crippen molar-refractivity contribution in [2.75, 3.05) is 32.7 Å². The van der Waals surface area contributed by atoms with Crippen LogP contribution in [0.5, 0.6) is 0 Å². The van der Waals surface area contributed by atoms with Crippen molar-refractivity contribution in [3.63, 3.8) is 0 Å². The molecule has 0 aliphatic carbocycles. The normalized spacial score (nSPS) is 35.4. The fourth-order valence-electron chi connectivity index (χ4n) is 3.57. The molecule has 3 saturated heterocycles. The first-order valence-electron chi connectivity index (χ1n) is 7.56. The zero-order chi connectivity index (χ0) is 13.5. The SMILES string of the molecule is CC1CCN(S(=O)(=O)N2C[C@@H]3CCCN[C@@H]3C2)CC1. The highest BCUT2D eigenvalue weighted by molar-refractivity contribution is 7.86. The summed E-state index contributed by atoms with van der Waals surface area (Å²) in [4.78, 5) is 0. The summed E-state index contributed by atoms with van der Waals surface area (Å²) in [7, 11) is -3.22. The minimum Gasteiger partial charge on any atom is -0.312 e. The van der Waals surface area contributed by atoms with Gasteiger partial charge in [-0.15, -0.1) is 0 Å². The number of nitrogens with one attached hydrogen (secondary N) is 1. The van der Waals surface area contributed by atoms with Gasteiger partial charge in [-0.1, -0.05) is 6.92 Å². The molecule has 0 saturated carbocycles. The molecule has 0 amide bonds. The summed E-state index contributed by atoms with van der Waals surface area (Å²) in [5.74, 6) is 1.18. The van der Waals surface area contributed by atoms with E-state index in [-0.39, 0.29) is 0 Å². The van der Waals surface area contributed by atoms with Crippen LogP contribution in [0.25, 0.3) is 0 Å². The molecule has 0 unspecified atom stereocenters. The van der Waals surface area contributed by atoms with Crippen LogP contribution in [0, 0.1) is 11.8 Å². The smallest absolute Gasteiger partial charge is 0.282 e. The van der Waals surface area contributed by atoms with Crippen molar-refractivity contribution in [2.45, 2.75) is 38.6 Å². The lowest BCUT2D eigenvalue weighted by Crippen LogP contribution is -2.47. The molecular weight excluding hydrogens is 262 g/mol. The first-order chi connectivity index (χ1) is 9.07. The van der Waals surface area contributed by atoms with E-state index < -0.39 is 10.2 Å². The first kappa shape index (κ1) is 13.8. The molecule has 3 aliphatic rings. The quantitative estimate of drug-likeness (QED) is 0.811.